The van der Waals surface area contributed by atoms with Crippen molar-refractivity contribution in [3.05, 3.63) is 48.2 Å². The number of benzene rings is 1. The largest absolute Gasteiger partial charge is 0.416 e. The van der Waals surface area contributed by atoms with E-state index in [9.17, 15) is 13.2 Å². The van der Waals surface area contributed by atoms with Crippen molar-refractivity contribution in [1.82, 2.24) is 4.98 Å². The van der Waals surface area contributed by atoms with Crippen LogP contribution in [0.2, 0.25) is 0 Å². The molecule has 1 atom stereocenters. The third-order valence-electron chi connectivity index (χ3n) is 3.61. The zero-order valence-electron chi connectivity index (χ0n) is 12.0. The van der Waals surface area contributed by atoms with Crippen LogP contribution in [0.3, 0.4) is 0 Å². The van der Waals surface area contributed by atoms with Gasteiger partial charge >= 0.3 is 6.18 Å². The number of rotatable bonds is 2. The monoisotopic (exact) mass is 344 g/mol. The van der Waals surface area contributed by atoms with E-state index in [0.29, 0.717) is 24.6 Å². The highest BCUT2D eigenvalue weighted by Gasteiger charge is 2.31. The van der Waals surface area contributed by atoms with E-state index in [1.807, 2.05) is 11.0 Å². The van der Waals surface area contributed by atoms with E-state index >= 15 is 0 Å². The van der Waals surface area contributed by atoms with Gasteiger partial charge in [0.1, 0.15) is 5.82 Å². The van der Waals surface area contributed by atoms with Crippen LogP contribution in [0, 0.1) is 0 Å². The molecule has 1 aliphatic heterocycles. The second-order valence-corrected chi connectivity index (χ2v) is 5.10. The molecule has 0 saturated heterocycles. The van der Waals surface area contributed by atoms with E-state index in [1.165, 1.54) is 12.1 Å². The van der Waals surface area contributed by atoms with Crippen LogP contribution in [0.4, 0.5) is 30.4 Å². The summed E-state index contributed by atoms with van der Waals surface area (Å²) in [5.74, 6) is 0.684. The van der Waals surface area contributed by atoms with Crippen molar-refractivity contribution in [3.8, 4) is 0 Å². The Bertz CT molecular complexity index is 661. The molecule has 3 rings (SSSR count). The molecular weight excluding hydrogens is 329 g/mol. The topological polar surface area (TPSA) is 54.2 Å². The summed E-state index contributed by atoms with van der Waals surface area (Å²) >= 11 is 0. The number of anilines is 3. The molecule has 8 heteroatoms. The highest BCUT2D eigenvalue weighted by atomic mass is 35.5. The second-order valence-electron chi connectivity index (χ2n) is 5.10. The molecule has 1 aliphatic rings. The van der Waals surface area contributed by atoms with Crippen LogP contribution in [0.1, 0.15) is 5.56 Å². The molecule has 0 amide bonds. The maximum atomic E-state index is 12.7. The van der Waals surface area contributed by atoms with E-state index in [2.05, 4.69) is 10.3 Å². The number of nitrogens with one attached hydrogen (secondary N) is 1. The zero-order chi connectivity index (χ0) is 15.7. The summed E-state index contributed by atoms with van der Waals surface area (Å²) in [6.45, 7) is 0.980. The van der Waals surface area contributed by atoms with Gasteiger partial charge in [0.25, 0.3) is 0 Å². The summed E-state index contributed by atoms with van der Waals surface area (Å²) in [7, 11) is 0. The summed E-state index contributed by atoms with van der Waals surface area (Å²) < 4.78 is 38.0. The summed E-state index contributed by atoms with van der Waals surface area (Å²) in [6, 6.07) is 8.78. The average Bonchev–Trinajstić information content (AvgIpc) is 2.53. The van der Waals surface area contributed by atoms with E-state index in [1.54, 1.807) is 12.3 Å². The van der Waals surface area contributed by atoms with Crippen LogP contribution < -0.4 is 16.0 Å². The van der Waals surface area contributed by atoms with Crippen LogP contribution in [-0.4, -0.2) is 24.1 Å². The van der Waals surface area contributed by atoms with Gasteiger partial charge in [-0.1, -0.05) is 0 Å². The maximum absolute atomic E-state index is 12.7. The molecule has 2 aromatic rings. The van der Waals surface area contributed by atoms with E-state index < -0.39 is 11.7 Å². The number of hydrogen-bond donors (Lipinski definition) is 2. The van der Waals surface area contributed by atoms with Crippen LogP contribution in [0.25, 0.3) is 0 Å². The van der Waals surface area contributed by atoms with Crippen molar-refractivity contribution in [2.75, 3.05) is 23.3 Å². The predicted molar refractivity (Wildman–Crippen MR) is 86.4 cm³/mol. The van der Waals surface area contributed by atoms with Gasteiger partial charge in [0.05, 0.1) is 17.3 Å². The van der Waals surface area contributed by atoms with Crippen molar-refractivity contribution in [2.24, 2.45) is 5.73 Å². The Balaban J connectivity index is 0.00000192. The zero-order valence-corrected chi connectivity index (χ0v) is 12.9. The highest BCUT2D eigenvalue weighted by molar-refractivity contribution is 5.85. The summed E-state index contributed by atoms with van der Waals surface area (Å²) in [5.41, 5.74) is 6.57. The molecule has 0 bridgehead atoms. The molecule has 0 unspecified atom stereocenters. The molecule has 0 radical (unpaired) electrons. The lowest BCUT2D eigenvalue weighted by atomic mass is 10.1. The van der Waals surface area contributed by atoms with Gasteiger partial charge in [0, 0.05) is 25.0 Å². The van der Waals surface area contributed by atoms with Crippen molar-refractivity contribution >= 4 is 29.6 Å². The van der Waals surface area contributed by atoms with Gasteiger partial charge in [-0.2, -0.15) is 13.2 Å². The van der Waals surface area contributed by atoms with Gasteiger partial charge in [-0.3, -0.25) is 0 Å². The fourth-order valence-corrected chi connectivity index (χ4v) is 2.49. The molecule has 0 saturated carbocycles. The maximum Gasteiger partial charge on any atom is 0.416 e. The number of nitrogens with zero attached hydrogens (tertiary/aromatic N) is 2. The quantitative estimate of drug-likeness (QED) is 0.876. The number of hydrogen-bond acceptors (Lipinski definition) is 4. The lowest BCUT2D eigenvalue weighted by Crippen LogP contribution is -2.43. The Kier molecular flexibility index (Phi) is 5.01. The van der Waals surface area contributed by atoms with Crippen LogP contribution in [0.5, 0.6) is 0 Å². The SMILES string of the molecule is Cl.NC[C@H]1CN(c2ccc(C(F)(F)F)cc2)c2cccnc2N1. The Morgan fingerprint density at radius 2 is 1.91 bits per heavy atom. The molecular formula is C15H16ClF3N4. The van der Waals surface area contributed by atoms with Gasteiger partial charge in [-0.05, 0) is 36.4 Å². The third-order valence-corrected chi connectivity index (χ3v) is 3.61. The summed E-state index contributed by atoms with van der Waals surface area (Å²) in [5, 5.41) is 3.22. The fraction of sp³-hybridized carbons (Fsp3) is 0.267. The minimum atomic E-state index is -4.33. The Hall–Kier alpha value is -1.99. The van der Waals surface area contributed by atoms with Gasteiger partial charge in [-0.25, -0.2) is 4.98 Å². The van der Waals surface area contributed by atoms with Gasteiger partial charge in [0.15, 0.2) is 0 Å². The number of aromatic nitrogens is 1. The van der Waals surface area contributed by atoms with Crippen molar-refractivity contribution in [2.45, 2.75) is 12.2 Å². The molecule has 2 heterocycles. The molecule has 1 aromatic heterocycles. The van der Waals surface area contributed by atoms with Crippen LogP contribution in [0.15, 0.2) is 42.6 Å². The molecule has 23 heavy (non-hydrogen) atoms. The van der Waals surface area contributed by atoms with Gasteiger partial charge in [0.2, 0.25) is 0 Å². The fourth-order valence-electron chi connectivity index (χ4n) is 2.49. The third kappa shape index (κ3) is 3.51. The second kappa shape index (κ2) is 6.64. The number of alkyl halides is 3. The van der Waals surface area contributed by atoms with E-state index in [0.717, 1.165) is 17.8 Å². The van der Waals surface area contributed by atoms with Gasteiger partial charge < -0.3 is 16.0 Å². The molecule has 1 aromatic carbocycles. The lowest BCUT2D eigenvalue weighted by molar-refractivity contribution is -0.137. The first-order chi connectivity index (χ1) is 10.5. The molecule has 0 spiro atoms. The molecule has 0 fully saturated rings. The minimum absolute atomic E-state index is 0. The van der Waals surface area contributed by atoms with E-state index in [-0.39, 0.29) is 18.4 Å². The van der Waals surface area contributed by atoms with E-state index in [4.69, 9.17) is 5.73 Å². The molecule has 4 nitrogen and oxygen atoms in total. The van der Waals surface area contributed by atoms with Crippen molar-refractivity contribution < 1.29 is 13.2 Å². The first kappa shape index (κ1) is 17.4. The smallest absolute Gasteiger partial charge is 0.363 e. The minimum Gasteiger partial charge on any atom is -0.363 e. The van der Waals surface area contributed by atoms with Crippen molar-refractivity contribution in [1.29, 1.82) is 0 Å². The van der Waals surface area contributed by atoms with Gasteiger partial charge in [-0.15, -0.1) is 12.4 Å². The number of halogens is 4. The number of nitrogens with two attached hydrogens (primary N) is 1. The molecule has 124 valence electrons. The molecule has 0 aliphatic carbocycles. The molecule has 3 N–H and O–H groups in total. The Labute approximate surface area is 137 Å². The number of fused-ring (bicyclic) bond motifs is 1. The lowest BCUT2D eigenvalue weighted by Gasteiger charge is -2.36. The normalized spacial score (nSPS) is 17.0. The standard InChI is InChI=1S/C15H15F3N4.ClH/c16-15(17,18)10-3-5-12(6-4-10)22-9-11(8-19)21-14-13(22)2-1-7-20-14;/h1-7,11H,8-9,19H2,(H,20,21);1H/t11-;/m0./s1. The summed E-state index contributed by atoms with van der Waals surface area (Å²) in [6.07, 6.45) is -2.67. The average molecular weight is 345 g/mol. The summed E-state index contributed by atoms with van der Waals surface area (Å²) in [4.78, 5) is 6.19. The predicted octanol–water partition coefficient (Wildman–Crippen LogP) is 3.41. The Morgan fingerprint density at radius 3 is 2.52 bits per heavy atom. The Morgan fingerprint density at radius 1 is 1.22 bits per heavy atom. The first-order valence-corrected chi connectivity index (χ1v) is 6.85. The van der Waals surface area contributed by atoms with Crippen LogP contribution >= 0.6 is 12.4 Å². The highest BCUT2D eigenvalue weighted by Crippen LogP contribution is 2.36. The first-order valence-electron chi connectivity index (χ1n) is 6.85. The van der Waals surface area contributed by atoms with Crippen LogP contribution in [-0.2, 0) is 6.18 Å². The number of pyridine rings is 1. The van der Waals surface area contributed by atoms with Crippen molar-refractivity contribution in [3.63, 3.8) is 0 Å².